The molecule has 0 aromatic heterocycles. The third-order valence-electron chi connectivity index (χ3n) is 1.05. The van der Waals surface area contributed by atoms with Crippen molar-refractivity contribution in [1.29, 1.82) is 0 Å². The highest BCUT2D eigenvalue weighted by molar-refractivity contribution is 5.85. The Hall–Kier alpha value is -0.280. The van der Waals surface area contributed by atoms with Gasteiger partial charge in [-0.15, -0.1) is 12.4 Å². The summed E-state index contributed by atoms with van der Waals surface area (Å²) in [5, 5.41) is 0. The Bertz CT molecular complexity index is 95.0. The van der Waals surface area contributed by atoms with Gasteiger partial charge in [0.1, 0.15) is 0 Å². The van der Waals surface area contributed by atoms with Crippen molar-refractivity contribution >= 4 is 18.3 Å². The monoisotopic (exact) mass is 152 g/mol. The van der Waals surface area contributed by atoms with Crippen molar-refractivity contribution in [3.63, 3.8) is 0 Å². The molecule has 0 bridgehead atoms. The molecule has 0 aliphatic rings. The molecule has 0 rings (SSSR count). The molecule has 0 aliphatic carbocycles. The van der Waals surface area contributed by atoms with Crippen LogP contribution in [0.2, 0.25) is 0 Å². The molecule has 1 unspecified atom stereocenters. The van der Waals surface area contributed by atoms with Gasteiger partial charge in [0.15, 0.2) is 0 Å². The molecule has 0 spiro atoms. The molecule has 0 aromatic carbocycles. The molecule has 4 N–H and O–H groups in total. The van der Waals surface area contributed by atoms with Gasteiger partial charge in [-0.2, -0.15) is 0 Å². The van der Waals surface area contributed by atoms with Crippen molar-refractivity contribution in [2.24, 2.45) is 17.4 Å². The first-order valence-corrected chi connectivity index (χ1v) is 2.60. The van der Waals surface area contributed by atoms with Crippen LogP contribution in [0, 0.1) is 5.92 Å². The number of carbonyl (C=O) groups is 1. The van der Waals surface area contributed by atoms with Gasteiger partial charge in [-0.25, -0.2) is 0 Å². The fraction of sp³-hybridized carbons (Fsp3) is 0.800. The van der Waals surface area contributed by atoms with Crippen molar-refractivity contribution in [3.8, 4) is 0 Å². The van der Waals surface area contributed by atoms with E-state index in [1.54, 1.807) is 0 Å². The van der Waals surface area contributed by atoms with Gasteiger partial charge in [0, 0.05) is 0 Å². The van der Waals surface area contributed by atoms with Crippen molar-refractivity contribution in [3.05, 3.63) is 0 Å². The molecule has 0 saturated carbocycles. The number of rotatable bonds is 2. The Morgan fingerprint density at radius 1 is 1.44 bits per heavy atom. The topological polar surface area (TPSA) is 69.1 Å². The molecule has 56 valence electrons. The summed E-state index contributed by atoms with van der Waals surface area (Å²) in [5.74, 6) is -0.285. The second-order valence-electron chi connectivity index (χ2n) is 2.17. The van der Waals surface area contributed by atoms with E-state index in [9.17, 15) is 4.79 Å². The largest absolute Gasteiger partial charge is 0.368 e. The van der Waals surface area contributed by atoms with E-state index in [0.717, 1.165) is 0 Å². The van der Waals surface area contributed by atoms with Crippen molar-refractivity contribution in [2.45, 2.75) is 19.9 Å². The summed E-state index contributed by atoms with van der Waals surface area (Å²) >= 11 is 0. The zero-order chi connectivity index (χ0) is 6.73. The fourth-order valence-electron chi connectivity index (χ4n) is 0.329. The molecule has 1 atom stereocenters. The summed E-state index contributed by atoms with van der Waals surface area (Å²) in [6.45, 7) is 3.71. The lowest BCUT2D eigenvalue weighted by atomic mass is 10.1. The predicted molar refractivity (Wildman–Crippen MR) is 39.3 cm³/mol. The predicted octanol–water partition coefficient (Wildman–Crippen LogP) is -0.123. The zero-order valence-corrected chi connectivity index (χ0v) is 6.44. The van der Waals surface area contributed by atoms with Gasteiger partial charge < -0.3 is 11.5 Å². The van der Waals surface area contributed by atoms with Gasteiger partial charge in [-0.05, 0) is 5.92 Å². The van der Waals surface area contributed by atoms with Gasteiger partial charge in [0.05, 0.1) is 6.04 Å². The third-order valence-corrected chi connectivity index (χ3v) is 1.05. The molecule has 1 amide bonds. The maximum absolute atomic E-state index is 10.2. The summed E-state index contributed by atoms with van der Waals surface area (Å²) in [6, 6.07) is -0.491. The minimum Gasteiger partial charge on any atom is -0.368 e. The van der Waals surface area contributed by atoms with Crippen LogP contribution in [-0.4, -0.2) is 11.9 Å². The quantitative estimate of drug-likeness (QED) is 0.579. The molecule has 0 aliphatic heterocycles. The first-order valence-electron chi connectivity index (χ1n) is 2.60. The number of hydrogen-bond acceptors (Lipinski definition) is 2. The van der Waals surface area contributed by atoms with Crippen LogP contribution in [0.4, 0.5) is 0 Å². The average Bonchev–Trinajstić information content (AvgIpc) is 1.64. The van der Waals surface area contributed by atoms with E-state index in [-0.39, 0.29) is 18.3 Å². The zero-order valence-electron chi connectivity index (χ0n) is 5.63. The second kappa shape index (κ2) is 4.58. The smallest absolute Gasteiger partial charge is 0.234 e. The van der Waals surface area contributed by atoms with Gasteiger partial charge in [-0.1, -0.05) is 13.8 Å². The fourth-order valence-corrected chi connectivity index (χ4v) is 0.329. The van der Waals surface area contributed by atoms with Gasteiger partial charge >= 0.3 is 0 Å². The second-order valence-corrected chi connectivity index (χ2v) is 2.17. The van der Waals surface area contributed by atoms with Crippen LogP contribution < -0.4 is 11.5 Å². The molecule has 4 heteroatoms. The molecule has 0 saturated heterocycles. The van der Waals surface area contributed by atoms with Crippen molar-refractivity contribution in [2.75, 3.05) is 0 Å². The number of halogens is 1. The van der Waals surface area contributed by atoms with Crippen molar-refractivity contribution in [1.82, 2.24) is 0 Å². The molecule has 0 radical (unpaired) electrons. The van der Waals surface area contributed by atoms with E-state index in [1.807, 2.05) is 13.8 Å². The Morgan fingerprint density at radius 2 is 1.78 bits per heavy atom. The SMILES string of the molecule is CC(C)C(N)C(N)=O.Cl. The summed E-state index contributed by atoms with van der Waals surface area (Å²) in [7, 11) is 0. The van der Waals surface area contributed by atoms with Crippen LogP contribution in [0.1, 0.15) is 13.8 Å². The highest BCUT2D eigenvalue weighted by atomic mass is 35.5. The lowest BCUT2D eigenvalue weighted by Gasteiger charge is -2.09. The first-order chi connectivity index (χ1) is 3.55. The highest BCUT2D eigenvalue weighted by Gasteiger charge is 2.12. The number of carbonyl (C=O) groups excluding carboxylic acids is 1. The van der Waals surface area contributed by atoms with Crippen LogP contribution in [0.25, 0.3) is 0 Å². The van der Waals surface area contributed by atoms with E-state index >= 15 is 0 Å². The van der Waals surface area contributed by atoms with Crippen LogP contribution in [0.15, 0.2) is 0 Å². The Kier molecular flexibility index (Phi) is 5.86. The maximum Gasteiger partial charge on any atom is 0.234 e. The van der Waals surface area contributed by atoms with Crippen LogP contribution in [0.5, 0.6) is 0 Å². The number of nitrogens with two attached hydrogens (primary N) is 2. The lowest BCUT2D eigenvalue weighted by Crippen LogP contribution is -2.40. The molecule has 3 nitrogen and oxygen atoms in total. The van der Waals surface area contributed by atoms with Crippen LogP contribution in [0.3, 0.4) is 0 Å². The summed E-state index contributed by atoms with van der Waals surface area (Å²) in [5.41, 5.74) is 10.2. The number of hydrogen-bond donors (Lipinski definition) is 2. The number of primary amides is 1. The molecule has 9 heavy (non-hydrogen) atoms. The molecule has 0 aromatic rings. The van der Waals surface area contributed by atoms with Gasteiger partial charge in [-0.3, -0.25) is 4.79 Å². The Labute approximate surface area is 61.2 Å². The molecular weight excluding hydrogens is 140 g/mol. The molecule has 0 fully saturated rings. The molecular formula is C5H13ClN2O. The van der Waals surface area contributed by atoms with E-state index in [2.05, 4.69) is 0 Å². The average molecular weight is 153 g/mol. The highest BCUT2D eigenvalue weighted by Crippen LogP contribution is 1.95. The number of amides is 1. The van der Waals surface area contributed by atoms with Gasteiger partial charge in [0.2, 0.25) is 5.91 Å². The van der Waals surface area contributed by atoms with E-state index in [1.165, 1.54) is 0 Å². The maximum atomic E-state index is 10.2. The van der Waals surface area contributed by atoms with E-state index in [4.69, 9.17) is 11.5 Å². The van der Waals surface area contributed by atoms with Crippen LogP contribution >= 0.6 is 12.4 Å². The van der Waals surface area contributed by atoms with Crippen molar-refractivity contribution < 1.29 is 4.79 Å². The normalized spacial score (nSPS) is 12.4. The minimum absolute atomic E-state index is 0. The standard InChI is InChI=1S/C5H12N2O.ClH/c1-3(2)4(6)5(7)8;/h3-4H,6H2,1-2H3,(H2,7,8);1H. The third kappa shape index (κ3) is 4.24. The minimum atomic E-state index is -0.491. The van der Waals surface area contributed by atoms with Crippen LogP contribution in [-0.2, 0) is 4.79 Å². The first kappa shape index (κ1) is 11.5. The molecule has 0 heterocycles. The summed E-state index contributed by atoms with van der Waals surface area (Å²) < 4.78 is 0. The lowest BCUT2D eigenvalue weighted by molar-refractivity contribution is -0.120. The Morgan fingerprint density at radius 3 is 1.78 bits per heavy atom. The summed E-state index contributed by atoms with van der Waals surface area (Å²) in [6.07, 6.45) is 0. The van der Waals surface area contributed by atoms with E-state index < -0.39 is 11.9 Å². The summed E-state index contributed by atoms with van der Waals surface area (Å²) in [4.78, 5) is 10.2. The Balaban J connectivity index is 0. The van der Waals surface area contributed by atoms with E-state index in [0.29, 0.717) is 0 Å². The van der Waals surface area contributed by atoms with Gasteiger partial charge in [0.25, 0.3) is 0 Å².